The molecule has 1 aromatic carbocycles. The number of methoxy groups -OCH3 is 1. The van der Waals surface area contributed by atoms with Crippen molar-refractivity contribution in [2.75, 3.05) is 12.4 Å². The third-order valence-corrected chi connectivity index (χ3v) is 3.90. The number of benzene rings is 1. The van der Waals surface area contributed by atoms with E-state index in [1.807, 2.05) is 32.0 Å². The fraction of sp³-hybridized carbons (Fsp3) is 0.333. The smallest absolute Gasteiger partial charge is 0.137 e. The standard InChI is InChI=1S/C15H17Cl2N3O/c1-4-13-19-14(17)9(2)15(20-13)18-8-10-11(16)6-5-7-12(10)21-3/h5-7H,4,8H2,1-3H3,(H,18,19,20). The zero-order chi connectivity index (χ0) is 15.4. The molecule has 1 heterocycles. The van der Waals surface area contributed by atoms with Gasteiger partial charge in [-0.05, 0) is 19.1 Å². The number of hydrogen-bond acceptors (Lipinski definition) is 4. The molecule has 0 saturated carbocycles. The maximum absolute atomic E-state index is 6.23. The summed E-state index contributed by atoms with van der Waals surface area (Å²) in [6.45, 7) is 4.37. The van der Waals surface area contributed by atoms with E-state index in [0.717, 1.165) is 23.3 Å². The molecule has 1 N–H and O–H groups in total. The normalized spacial score (nSPS) is 10.5. The van der Waals surface area contributed by atoms with E-state index < -0.39 is 0 Å². The Morgan fingerprint density at radius 2 is 2.00 bits per heavy atom. The Labute approximate surface area is 134 Å². The molecule has 0 aliphatic carbocycles. The van der Waals surface area contributed by atoms with Crippen molar-refractivity contribution in [2.24, 2.45) is 0 Å². The number of nitrogens with zero attached hydrogens (tertiary/aromatic N) is 2. The van der Waals surface area contributed by atoms with Gasteiger partial charge < -0.3 is 10.1 Å². The molecule has 6 heteroatoms. The number of hydrogen-bond donors (Lipinski definition) is 1. The van der Waals surface area contributed by atoms with Crippen molar-refractivity contribution in [2.45, 2.75) is 26.8 Å². The molecule has 2 aromatic rings. The van der Waals surface area contributed by atoms with Crippen LogP contribution >= 0.6 is 23.2 Å². The Kier molecular flexibility index (Phi) is 5.26. The van der Waals surface area contributed by atoms with Gasteiger partial charge in [-0.2, -0.15) is 0 Å². The predicted octanol–water partition coefficient (Wildman–Crippen LogP) is 4.27. The number of halogens is 2. The second kappa shape index (κ2) is 6.96. The van der Waals surface area contributed by atoms with Crippen molar-refractivity contribution in [3.05, 3.63) is 45.3 Å². The summed E-state index contributed by atoms with van der Waals surface area (Å²) in [5.74, 6) is 2.16. The van der Waals surface area contributed by atoms with E-state index >= 15 is 0 Å². The third kappa shape index (κ3) is 3.57. The molecule has 0 fully saturated rings. The summed E-state index contributed by atoms with van der Waals surface area (Å²) in [5, 5.41) is 4.38. The van der Waals surface area contributed by atoms with Gasteiger partial charge in [-0.15, -0.1) is 0 Å². The van der Waals surface area contributed by atoms with Crippen molar-refractivity contribution in [3.63, 3.8) is 0 Å². The zero-order valence-electron chi connectivity index (χ0n) is 12.2. The molecular formula is C15H17Cl2N3O. The van der Waals surface area contributed by atoms with E-state index in [0.29, 0.717) is 28.4 Å². The Morgan fingerprint density at radius 1 is 1.24 bits per heavy atom. The molecule has 0 aliphatic heterocycles. The summed E-state index contributed by atoms with van der Waals surface area (Å²) in [6, 6.07) is 5.56. The van der Waals surface area contributed by atoms with Gasteiger partial charge in [-0.25, -0.2) is 9.97 Å². The summed E-state index contributed by atoms with van der Waals surface area (Å²) >= 11 is 12.4. The number of nitrogens with one attached hydrogen (secondary N) is 1. The molecule has 112 valence electrons. The molecule has 0 unspecified atom stereocenters. The molecule has 21 heavy (non-hydrogen) atoms. The van der Waals surface area contributed by atoms with Gasteiger partial charge in [0.15, 0.2) is 0 Å². The fourth-order valence-electron chi connectivity index (χ4n) is 1.94. The fourth-order valence-corrected chi connectivity index (χ4v) is 2.36. The highest BCUT2D eigenvalue weighted by Gasteiger charge is 2.11. The second-order valence-corrected chi connectivity index (χ2v) is 5.30. The van der Waals surface area contributed by atoms with E-state index in [2.05, 4.69) is 15.3 Å². The Hall–Kier alpha value is -1.52. The molecule has 0 bridgehead atoms. The number of aryl methyl sites for hydroxylation is 1. The molecule has 0 saturated heterocycles. The molecule has 2 rings (SSSR count). The maximum atomic E-state index is 6.23. The number of ether oxygens (including phenoxy) is 1. The van der Waals surface area contributed by atoms with Crippen molar-refractivity contribution in [3.8, 4) is 5.75 Å². The van der Waals surface area contributed by atoms with Crippen molar-refractivity contribution >= 4 is 29.0 Å². The van der Waals surface area contributed by atoms with Crippen LogP contribution in [0.15, 0.2) is 18.2 Å². The zero-order valence-corrected chi connectivity index (χ0v) is 13.7. The Morgan fingerprint density at radius 3 is 2.67 bits per heavy atom. The van der Waals surface area contributed by atoms with Crippen LogP contribution in [0.4, 0.5) is 5.82 Å². The minimum atomic E-state index is 0.468. The highest BCUT2D eigenvalue weighted by molar-refractivity contribution is 6.31. The van der Waals surface area contributed by atoms with Crippen LogP contribution in [-0.2, 0) is 13.0 Å². The lowest BCUT2D eigenvalue weighted by atomic mass is 10.2. The third-order valence-electron chi connectivity index (χ3n) is 3.18. The van der Waals surface area contributed by atoms with Crippen LogP contribution in [0.2, 0.25) is 10.2 Å². The first-order valence-corrected chi connectivity index (χ1v) is 7.40. The predicted molar refractivity (Wildman–Crippen MR) is 86.5 cm³/mol. The summed E-state index contributed by atoms with van der Waals surface area (Å²) in [5.41, 5.74) is 1.70. The largest absolute Gasteiger partial charge is 0.496 e. The first kappa shape index (κ1) is 15.9. The van der Waals surface area contributed by atoms with E-state index in [4.69, 9.17) is 27.9 Å². The molecule has 0 spiro atoms. The molecule has 0 radical (unpaired) electrons. The van der Waals surface area contributed by atoms with Gasteiger partial charge in [0.2, 0.25) is 0 Å². The van der Waals surface area contributed by atoms with Crippen LogP contribution in [-0.4, -0.2) is 17.1 Å². The van der Waals surface area contributed by atoms with Gasteiger partial charge in [0.05, 0.1) is 7.11 Å². The number of rotatable bonds is 5. The lowest BCUT2D eigenvalue weighted by molar-refractivity contribution is 0.410. The van der Waals surface area contributed by atoms with Gasteiger partial charge in [0, 0.05) is 29.1 Å². The van der Waals surface area contributed by atoms with Gasteiger partial charge in [0.25, 0.3) is 0 Å². The van der Waals surface area contributed by atoms with Gasteiger partial charge in [-0.1, -0.05) is 36.2 Å². The summed E-state index contributed by atoms with van der Waals surface area (Å²) in [4.78, 5) is 8.68. The van der Waals surface area contributed by atoms with Crippen LogP contribution in [0.3, 0.4) is 0 Å². The highest BCUT2D eigenvalue weighted by atomic mass is 35.5. The van der Waals surface area contributed by atoms with Gasteiger partial charge in [0.1, 0.15) is 22.5 Å². The van der Waals surface area contributed by atoms with Gasteiger partial charge >= 0.3 is 0 Å². The van der Waals surface area contributed by atoms with Crippen molar-refractivity contribution < 1.29 is 4.74 Å². The van der Waals surface area contributed by atoms with E-state index in [1.54, 1.807) is 7.11 Å². The lowest BCUT2D eigenvalue weighted by Gasteiger charge is -2.14. The average molecular weight is 326 g/mol. The van der Waals surface area contributed by atoms with Crippen LogP contribution < -0.4 is 10.1 Å². The Bertz CT molecular complexity index is 647. The average Bonchev–Trinajstić information content (AvgIpc) is 2.49. The molecule has 0 amide bonds. The van der Waals surface area contributed by atoms with Crippen LogP contribution in [0, 0.1) is 6.92 Å². The van der Waals surface area contributed by atoms with Crippen LogP contribution in [0.1, 0.15) is 23.9 Å². The minimum Gasteiger partial charge on any atom is -0.496 e. The molecule has 1 aromatic heterocycles. The first-order valence-electron chi connectivity index (χ1n) is 6.65. The topological polar surface area (TPSA) is 47.0 Å². The van der Waals surface area contributed by atoms with E-state index in [9.17, 15) is 0 Å². The molecule has 0 aliphatic rings. The monoisotopic (exact) mass is 325 g/mol. The summed E-state index contributed by atoms with van der Waals surface area (Å²) in [6.07, 6.45) is 0.726. The molecular weight excluding hydrogens is 309 g/mol. The van der Waals surface area contributed by atoms with Gasteiger partial charge in [-0.3, -0.25) is 0 Å². The quantitative estimate of drug-likeness (QED) is 0.833. The number of anilines is 1. The summed E-state index contributed by atoms with van der Waals surface area (Å²) in [7, 11) is 1.62. The van der Waals surface area contributed by atoms with E-state index in [-0.39, 0.29) is 0 Å². The first-order chi connectivity index (χ1) is 10.1. The lowest BCUT2D eigenvalue weighted by Crippen LogP contribution is -2.08. The van der Waals surface area contributed by atoms with E-state index in [1.165, 1.54) is 0 Å². The molecule has 4 nitrogen and oxygen atoms in total. The highest BCUT2D eigenvalue weighted by Crippen LogP contribution is 2.28. The Balaban J connectivity index is 2.26. The SMILES string of the molecule is CCc1nc(Cl)c(C)c(NCc2c(Cl)cccc2OC)n1. The van der Waals surface area contributed by atoms with Crippen LogP contribution in [0.5, 0.6) is 5.75 Å². The number of aromatic nitrogens is 2. The maximum Gasteiger partial charge on any atom is 0.137 e. The summed E-state index contributed by atoms with van der Waals surface area (Å²) < 4.78 is 5.33. The molecule has 0 atom stereocenters. The second-order valence-electron chi connectivity index (χ2n) is 4.53. The minimum absolute atomic E-state index is 0.468. The van der Waals surface area contributed by atoms with Crippen molar-refractivity contribution in [1.82, 2.24) is 9.97 Å². The van der Waals surface area contributed by atoms with Crippen LogP contribution in [0.25, 0.3) is 0 Å². The van der Waals surface area contributed by atoms with Crippen molar-refractivity contribution in [1.29, 1.82) is 0 Å².